The molecule has 2 N–H and O–H groups in total. The Morgan fingerprint density at radius 2 is 2.09 bits per heavy atom. The normalized spacial score (nSPS) is 71.7. The van der Waals surface area contributed by atoms with E-state index in [1.807, 2.05) is 0 Å². The Balaban J connectivity index is 2.00. The molecule has 62 valence electrons. The van der Waals surface area contributed by atoms with Crippen LogP contribution in [-0.2, 0) is 0 Å². The zero-order valence-corrected chi connectivity index (χ0v) is 7.43. The SMILES string of the molecule is CC12C[C@@]3(C)CC(CC1N)C23. The fourth-order valence-corrected chi connectivity index (χ4v) is 4.79. The molecule has 3 rings (SSSR count). The lowest BCUT2D eigenvalue weighted by Crippen LogP contribution is -2.63. The minimum absolute atomic E-state index is 0.521. The van der Waals surface area contributed by atoms with Crippen LogP contribution in [-0.4, -0.2) is 6.04 Å². The Hall–Kier alpha value is -0.0400. The van der Waals surface area contributed by atoms with E-state index in [1.165, 1.54) is 19.3 Å². The van der Waals surface area contributed by atoms with Crippen LogP contribution in [0.2, 0.25) is 0 Å². The molecule has 0 radical (unpaired) electrons. The topological polar surface area (TPSA) is 26.0 Å². The van der Waals surface area contributed by atoms with Crippen LogP contribution in [0.5, 0.6) is 0 Å². The number of nitrogens with two attached hydrogens (primary N) is 1. The highest BCUT2D eigenvalue weighted by Gasteiger charge is 2.73. The largest absolute Gasteiger partial charge is 0.327 e. The monoisotopic (exact) mass is 151 g/mol. The van der Waals surface area contributed by atoms with Crippen molar-refractivity contribution in [2.75, 3.05) is 0 Å². The molecule has 0 amide bonds. The van der Waals surface area contributed by atoms with Crippen LogP contribution in [0.15, 0.2) is 0 Å². The van der Waals surface area contributed by atoms with E-state index in [0.29, 0.717) is 11.5 Å². The predicted octanol–water partition coefficient (Wildman–Crippen LogP) is 1.77. The second kappa shape index (κ2) is 1.39. The van der Waals surface area contributed by atoms with Crippen molar-refractivity contribution in [3.05, 3.63) is 0 Å². The first-order valence-corrected chi connectivity index (χ1v) is 4.82. The van der Waals surface area contributed by atoms with E-state index in [-0.39, 0.29) is 0 Å². The van der Waals surface area contributed by atoms with Crippen LogP contribution in [0.4, 0.5) is 0 Å². The van der Waals surface area contributed by atoms with Crippen LogP contribution in [0.25, 0.3) is 0 Å². The average Bonchev–Trinajstić information content (AvgIpc) is 1.90. The standard InChI is InChI=1S/C10H17N/c1-9-4-6-3-7(11)10(2,5-9)8(6)9/h6-8H,3-5,11H2,1-2H3/t6?,7?,8?,9-,10?/m1/s1. The Morgan fingerprint density at radius 3 is 2.55 bits per heavy atom. The maximum Gasteiger partial charge on any atom is 0.00988 e. The van der Waals surface area contributed by atoms with Gasteiger partial charge in [-0.3, -0.25) is 0 Å². The quantitative estimate of drug-likeness (QED) is 0.561. The van der Waals surface area contributed by atoms with Gasteiger partial charge < -0.3 is 5.73 Å². The summed E-state index contributed by atoms with van der Waals surface area (Å²) in [6, 6.07) is 0.521. The molecule has 1 nitrogen and oxygen atoms in total. The first-order valence-electron chi connectivity index (χ1n) is 4.82. The lowest BCUT2D eigenvalue weighted by atomic mass is 9.37. The smallest absolute Gasteiger partial charge is 0.00988 e. The molecule has 0 aromatic rings. The molecule has 3 fully saturated rings. The van der Waals surface area contributed by atoms with Gasteiger partial charge in [-0.25, -0.2) is 0 Å². The van der Waals surface area contributed by atoms with Gasteiger partial charge in [-0.05, 0) is 41.9 Å². The lowest BCUT2D eigenvalue weighted by molar-refractivity contribution is -0.190. The van der Waals surface area contributed by atoms with Gasteiger partial charge in [0.1, 0.15) is 0 Å². The molecule has 0 aromatic heterocycles. The third-order valence-corrected chi connectivity index (χ3v) is 4.85. The van der Waals surface area contributed by atoms with Gasteiger partial charge in [-0.1, -0.05) is 13.8 Å². The van der Waals surface area contributed by atoms with Crippen LogP contribution in [0.3, 0.4) is 0 Å². The van der Waals surface area contributed by atoms with Gasteiger partial charge in [0.05, 0.1) is 0 Å². The molecule has 3 aliphatic rings. The van der Waals surface area contributed by atoms with E-state index in [2.05, 4.69) is 13.8 Å². The summed E-state index contributed by atoms with van der Waals surface area (Å²) in [5.41, 5.74) is 7.41. The molecule has 0 bridgehead atoms. The zero-order valence-electron chi connectivity index (χ0n) is 7.43. The maximum absolute atomic E-state index is 6.13. The van der Waals surface area contributed by atoms with Gasteiger partial charge in [0, 0.05) is 6.04 Å². The summed E-state index contributed by atoms with van der Waals surface area (Å²) in [6.45, 7) is 4.86. The zero-order chi connectivity index (χ0) is 7.85. The summed E-state index contributed by atoms with van der Waals surface area (Å²) in [5.74, 6) is 2.01. The van der Waals surface area contributed by atoms with Gasteiger partial charge in [0.15, 0.2) is 0 Å². The number of rotatable bonds is 0. The molecule has 0 aromatic carbocycles. The highest BCUT2D eigenvalue weighted by molar-refractivity contribution is 5.23. The minimum atomic E-state index is 0.521. The lowest BCUT2D eigenvalue weighted by Gasteiger charge is -2.68. The van der Waals surface area contributed by atoms with Crippen LogP contribution >= 0.6 is 0 Å². The van der Waals surface area contributed by atoms with E-state index in [1.54, 1.807) is 0 Å². The summed E-state index contributed by atoms with van der Waals surface area (Å²) >= 11 is 0. The molecule has 11 heavy (non-hydrogen) atoms. The molecule has 3 aliphatic carbocycles. The molecule has 0 saturated heterocycles. The summed E-state index contributed by atoms with van der Waals surface area (Å²) in [7, 11) is 0. The first-order chi connectivity index (χ1) is 5.06. The molecule has 5 atom stereocenters. The average molecular weight is 151 g/mol. The third kappa shape index (κ3) is 0.462. The van der Waals surface area contributed by atoms with Crippen LogP contribution in [0.1, 0.15) is 33.1 Å². The van der Waals surface area contributed by atoms with Crippen molar-refractivity contribution in [1.82, 2.24) is 0 Å². The highest BCUT2D eigenvalue weighted by Crippen LogP contribution is 2.78. The highest BCUT2D eigenvalue weighted by atomic mass is 14.9. The maximum atomic E-state index is 6.13. The number of hydrogen-bond acceptors (Lipinski definition) is 1. The predicted molar refractivity (Wildman–Crippen MR) is 45.0 cm³/mol. The summed E-state index contributed by atoms with van der Waals surface area (Å²) in [6.07, 6.45) is 4.19. The van der Waals surface area contributed by atoms with E-state index in [4.69, 9.17) is 5.73 Å². The minimum Gasteiger partial charge on any atom is -0.327 e. The van der Waals surface area contributed by atoms with Crippen molar-refractivity contribution >= 4 is 0 Å². The van der Waals surface area contributed by atoms with E-state index in [0.717, 1.165) is 17.3 Å². The Bertz CT molecular complexity index is 225. The second-order valence-electron chi connectivity index (χ2n) is 5.62. The molecule has 4 unspecified atom stereocenters. The summed E-state index contributed by atoms with van der Waals surface area (Å²) < 4.78 is 0. The van der Waals surface area contributed by atoms with Crippen molar-refractivity contribution in [1.29, 1.82) is 0 Å². The van der Waals surface area contributed by atoms with Gasteiger partial charge >= 0.3 is 0 Å². The summed E-state index contributed by atoms with van der Waals surface area (Å²) in [5, 5.41) is 0. The Kier molecular flexibility index (Phi) is 0.820. The van der Waals surface area contributed by atoms with Crippen LogP contribution in [0, 0.1) is 22.7 Å². The fraction of sp³-hybridized carbons (Fsp3) is 1.00. The van der Waals surface area contributed by atoms with E-state index < -0.39 is 0 Å². The van der Waals surface area contributed by atoms with Gasteiger partial charge in [-0.15, -0.1) is 0 Å². The van der Waals surface area contributed by atoms with E-state index >= 15 is 0 Å². The van der Waals surface area contributed by atoms with Crippen molar-refractivity contribution < 1.29 is 0 Å². The Morgan fingerprint density at radius 1 is 1.36 bits per heavy atom. The molecule has 0 aliphatic heterocycles. The summed E-state index contributed by atoms with van der Waals surface area (Å²) in [4.78, 5) is 0. The van der Waals surface area contributed by atoms with Crippen molar-refractivity contribution in [3.63, 3.8) is 0 Å². The van der Waals surface area contributed by atoms with Crippen molar-refractivity contribution in [3.8, 4) is 0 Å². The molecular formula is C10H17N. The number of hydrogen-bond donors (Lipinski definition) is 1. The van der Waals surface area contributed by atoms with Gasteiger partial charge in [-0.2, -0.15) is 0 Å². The molecule has 1 heteroatoms. The van der Waals surface area contributed by atoms with Crippen molar-refractivity contribution in [2.24, 2.45) is 28.4 Å². The molecule has 0 spiro atoms. The molecule has 0 heterocycles. The second-order valence-corrected chi connectivity index (χ2v) is 5.62. The fourth-order valence-electron chi connectivity index (χ4n) is 4.79. The third-order valence-electron chi connectivity index (χ3n) is 4.85. The molecule has 3 saturated carbocycles. The van der Waals surface area contributed by atoms with Crippen LogP contribution < -0.4 is 5.73 Å². The Labute approximate surface area is 68.3 Å². The van der Waals surface area contributed by atoms with Gasteiger partial charge in [0.2, 0.25) is 0 Å². The van der Waals surface area contributed by atoms with Gasteiger partial charge in [0.25, 0.3) is 0 Å². The van der Waals surface area contributed by atoms with E-state index in [9.17, 15) is 0 Å². The molecular weight excluding hydrogens is 134 g/mol. The van der Waals surface area contributed by atoms with Crippen molar-refractivity contribution in [2.45, 2.75) is 39.2 Å². The first kappa shape index (κ1) is 6.47.